The lowest BCUT2D eigenvalue weighted by molar-refractivity contribution is -0.151. The number of ether oxygens (including phenoxy) is 5. The van der Waals surface area contributed by atoms with Gasteiger partial charge >= 0.3 is 11.9 Å². The fourth-order valence-electron chi connectivity index (χ4n) is 2.98. The SMILES string of the molecule is CCC(CCOC)CC(C)OC(=O)[C@H](C)NC(=O)c1nccc(OC)c1OCOC(C)=O. The van der Waals surface area contributed by atoms with Crippen molar-refractivity contribution >= 4 is 17.8 Å². The Balaban J connectivity index is 2.76. The fourth-order valence-corrected chi connectivity index (χ4v) is 2.98. The molecule has 1 aromatic heterocycles. The molecular weight excluding hydrogens is 420 g/mol. The van der Waals surface area contributed by atoms with E-state index in [-0.39, 0.29) is 23.3 Å². The van der Waals surface area contributed by atoms with Crippen molar-refractivity contribution in [3.63, 3.8) is 0 Å². The van der Waals surface area contributed by atoms with Crippen LogP contribution in [-0.4, -0.2) is 62.6 Å². The fraction of sp³-hybridized carbons (Fsp3) is 0.636. The number of pyridine rings is 1. The maximum Gasteiger partial charge on any atom is 0.328 e. The molecule has 0 saturated heterocycles. The summed E-state index contributed by atoms with van der Waals surface area (Å²) < 4.78 is 25.9. The molecule has 0 spiro atoms. The number of esters is 2. The summed E-state index contributed by atoms with van der Waals surface area (Å²) in [6.07, 6.45) is 3.61. The summed E-state index contributed by atoms with van der Waals surface area (Å²) in [6.45, 7) is 6.89. The Labute approximate surface area is 188 Å². The van der Waals surface area contributed by atoms with Crippen molar-refractivity contribution in [2.24, 2.45) is 5.92 Å². The van der Waals surface area contributed by atoms with Crippen LogP contribution in [0.5, 0.6) is 11.5 Å². The second-order valence-electron chi connectivity index (χ2n) is 7.32. The summed E-state index contributed by atoms with van der Waals surface area (Å²) in [5.41, 5.74) is -0.116. The van der Waals surface area contributed by atoms with E-state index in [2.05, 4.69) is 17.2 Å². The maximum atomic E-state index is 12.7. The van der Waals surface area contributed by atoms with E-state index in [1.54, 1.807) is 7.11 Å². The van der Waals surface area contributed by atoms with Crippen LogP contribution in [0.1, 0.15) is 57.4 Å². The number of amides is 1. The van der Waals surface area contributed by atoms with Gasteiger partial charge < -0.3 is 29.0 Å². The summed E-state index contributed by atoms with van der Waals surface area (Å²) in [5.74, 6) is -1.17. The average molecular weight is 455 g/mol. The van der Waals surface area contributed by atoms with Crippen LogP contribution in [0, 0.1) is 5.92 Å². The second-order valence-corrected chi connectivity index (χ2v) is 7.32. The lowest BCUT2D eigenvalue weighted by atomic mass is 9.96. The number of carbonyl (C=O) groups is 3. The summed E-state index contributed by atoms with van der Waals surface area (Å²) in [6, 6.07) is 0.575. The van der Waals surface area contributed by atoms with Gasteiger partial charge in [-0.25, -0.2) is 9.78 Å². The van der Waals surface area contributed by atoms with Crippen molar-refractivity contribution in [1.29, 1.82) is 0 Å². The van der Waals surface area contributed by atoms with E-state index in [0.29, 0.717) is 18.9 Å². The molecule has 0 fully saturated rings. The zero-order valence-electron chi connectivity index (χ0n) is 19.6. The van der Waals surface area contributed by atoms with E-state index in [1.807, 2.05) is 6.92 Å². The molecule has 0 aliphatic heterocycles. The molecule has 10 heteroatoms. The van der Waals surface area contributed by atoms with E-state index >= 15 is 0 Å². The van der Waals surface area contributed by atoms with E-state index in [1.165, 1.54) is 33.2 Å². The van der Waals surface area contributed by atoms with Gasteiger partial charge in [-0.1, -0.05) is 13.3 Å². The first-order valence-corrected chi connectivity index (χ1v) is 10.5. The van der Waals surface area contributed by atoms with E-state index in [9.17, 15) is 14.4 Å². The van der Waals surface area contributed by atoms with E-state index < -0.39 is 30.7 Å². The minimum atomic E-state index is -0.918. The highest BCUT2D eigenvalue weighted by Gasteiger charge is 2.25. The molecule has 1 N–H and O–H groups in total. The van der Waals surface area contributed by atoms with Crippen LogP contribution in [0.3, 0.4) is 0 Å². The Morgan fingerprint density at radius 2 is 1.91 bits per heavy atom. The van der Waals surface area contributed by atoms with Gasteiger partial charge in [0.1, 0.15) is 6.04 Å². The highest BCUT2D eigenvalue weighted by atomic mass is 16.7. The van der Waals surface area contributed by atoms with Crippen LogP contribution < -0.4 is 14.8 Å². The molecule has 1 amide bonds. The first kappa shape index (κ1) is 27.2. The van der Waals surface area contributed by atoms with Crippen LogP contribution >= 0.6 is 0 Å². The number of nitrogens with one attached hydrogen (secondary N) is 1. The predicted molar refractivity (Wildman–Crippen MR) is 115 cm³/mol. The summed E-state index contributed by atoms with van der Waals surface area (Å²) in [7, 11) is 3.05. The van der Waals surface area contributed by atoms with E-state index in [4.69, 9.17) is 23.7 Å². The third-order valence-corrected chi connectivity index (χ3v) is 4.76. The second kappa shape index (κ2) is 14.2. The minimum absolute atomic E-state index is 0.00776. The van der Waals surface area contributed by atoms with E-state index in [0.717, 1.165) is 12.8 Å². The molecule has 2 unspecified atom stereocenters. The highest BCUT2D eigenvalue weighted by molar-refractivity contribution is 5.98. The molecule has 0 saturated carbocycles. The van der Waals surface area contributed by atoms with Crippen LogP contribution in [0.4, 0.5) is 0 Å². The molecule has 0 aromatic carbocycles. The Morgan fingerprint density at radius 3 is 2.50 bits per heavy atom. The van der Waals surface area contributed by atoms with Gasteiger partial charge in [0.2, 0.25) is 6.79 Å². The van der Waals surface area contributed by atoms with Gasteiger partial charge in [0.05, 0.1) is 13.2 Å². The number of aromatic nitrogens is 1. The van der Waals surface area contributed by atoms with Crippen molar-refractivity contribution in [2.45, 2.75) is 59.1 Å². The largest absolute Gasteiger partial charge is 0.493 e. The molecule has 1 aromatic rings. The summed E-state index contributed by atoms with van der Waals surface area (Å²) >= 11 is 0. The molecule has 1 heterocycles. The van der Waals surface area contributed by atoms with Gasteiger partial charge in [-0.3, -0.25) is 9.59 Å². The zero-order valence-corrected chi connectivity index (χ0v) is 19.6. The zero-order chi connectivity index (χ0) is 24.1. The summed E-state index contributed by atoms with van der Waals surface area (Å²) in [4.78, 5) is 40.2. The average Bonchev–Trinajstić information content (AvgIpc) is 2.76. The number of carbonyl (C=O) groups excluding carboxylic acids is 3. The Kier molecular flexibility index (Phi) is 12.1. The predicted octanol–water partition coefficient (Wildman–Crippen LogP) is 2.49. The topological polar surface area (TPSA) is 122 Å². The van der Waals surface area contributed by atoms with Crippen LogP contribution in [0.2, 0.25) is 0 Å². The number of nitrogens with zero attached hydrogens (tertiary/aromatic N) is 1. The van der Waals surface area contributed by atoms with Crippen molar-refractivity contribution in [1.82, 2.24) is 10.3 Å². The smallest absolute Gasteiger partial charge is 0.328 e. The lowest BCUT2D eigenvalue weighted by Gasteiger charge is -2.22. The van der Waals surface area contributed by atoms with Crippen molar-refractivity contribution in [3.05, 3.63) is 18.0 Å². The summed E-state index contributed by atoms with van der Waals surface area (Å²) in [5, 5.41) is 2.55. The lowest BCUT2D eigenvalue weighted by Crippen LogP contribution is -2.41. The molecule has 3 atom stereocenters. The standard InChI is InChI=1S/C22H34N2O8/c1-7-17(9-11-28-5)12-14(2)32-22(27)15(3)24-21(26)19-20(31-13-30-16(4)25)18(29-6)8-10-23-19/h8,10,14-15,17H,7,9,11-13H2,1-6H3,(H,24,26)/t14?,15-,17?/m0/s1. The maximum absolute atomic E-state index is 12.7. The first-order chi connectivity index (χ1) is 15.2. The van der Waals surface area contributed by atoms with Gasteiger partial charge in [0.25, 0.3) is 5.91 Å². The Bertz CT molecular complexity index is 755. The van der Waals surface area contributed by atoms with Crippen LogP contribution in [0.15, 0.2) is 12.3 Å². The number of hydrogen-bond acceptors (Lipinski definition) is 9. The van der Waals surface area contributed by atoms with Gasteiger partial charge in [-0.05, 0) is 32.6 Å². The molecule has 1 rings (SSSR count). The first-order valence-electron chi connectivity index (χ1n) is 10.5. The number of rotatable bonds is 14. The Hall–Kier alpha value is -2.88. The third kappa shape index (κ3) is 9.09. The van der Waals surface area contributed by atoms with Crippen molar-refractivity contribution in [3.8, 4) is 11.5 Å². The monoisotopic (exact) mass is 454 g/mol. The normalized spacial score (nSPS) is 13.4. The number of methoxy groups -OCH3 is 2. The highest BCUT2D eigenvalue weighted by Crippen LogP contribution is 2.29. The molecule has 0 aliphatic carbocycles. The van der Waals surface area contributed by atoms with Crippen molar-refractivity contribution < 1.29 is 38.1 Å². The van der Waals surface area contributed by atoms with Gasteiger partial charge in [-0.15, -0.1) is 0 Å². The van der Waals surface area contributed by atoms with Crippen molar-refractivity contribution in [2.75, 3.05) is 27.6 Å². The molecule has 0 radical (unpaired) electrons. The van der Waals surface area contributed by atoms with Crippen LogP contribution in [0.25, 0.3) is 0 Å². The third-order valence-electron chi connectivity index (χ3n) is 4.76. The molecule has 10 nitrogen and oxygen atoms in total. The number of hydrogen-bond donors (Lipinski definition) is 1. The van der Waals surface area contributed by atoms with Crippen LogP contribution in [-0.2, 0) is 23.8 Å². The Morgan fingerprint density at radius 1 is 1.19 bits per heavy atom. The minimum Gasteiger partial charge on any atom is -0.493 e. The molecule has 0 bridgehead atoms. The van der Waals surface area contributed by atoms with Gasteiger partial charge in [-0.2, -0.15) is 0 Å². The quantitative estimate of drug-likeness (QED) is 0.334. The van der Waals surface area contributed by atoms with Gasteiger partial charge in [0, 0.05) is 32.9 Å². The molecular formula is C22H34N2O8. The molecule has 32 heavy (non-hydrogen) atoms. The molecule has 0 aliphatic rings. The van der Waals surface area contributed by atoms with Gasteiger partial charge in [0.15, 0.2) is 17.2 Å². The molecule has 180 valence electrons.